The van der Waals surface area contributed by atoms with Crippen LogP contribution in [-0.2, 0) is 16.9 Å². The first-order chi connectivity index (χ1) is 16.2. The van der Waals surface area contributed by atoms with E-state index < -0.39 is 0 Å². The highest BCUT2D eigenvalue weighted by atomic mass is 32.2. The monoisotopic (exact) mass is 480 g/mol. The summed E-state index contributed by atoms with van der Waals surface area (Å²) in [4.78, 5) is 45.7. The predicted octanol–water partition coefficient (Wildman–Crippen LogP) is 2.19. The van der Waals surface area contributed by atoms with Gasteiger partial charge in [-0.05, 0) is 39.2 Å². The average molecular weight is 481 g/mol. The number of pyridine rings is 1. The van der Waals surface area contributed by atoms with E-state index >= 15 is 0 Å². The number of piperidine rings is 1. The first-order valence-electron chi connectivity index (χ1n) is 11.8. The molecule has 3 unspecified atom stereocenters. The fourth-order valence-corrected chi connectivity index (χ4v) is 6.83. The number of hydrogen-bond acceptors (Lipinski definition) is 6. The van der Waals surface area contributed by atoms with Gasteiger partial charge in [0.1, 0.15) is 5.39 Å². The van der Waals surface area contributed by atoms with Crippen molar-refractivity contribution in [2.45, 2.75) is 62.8 Å². The molecule has 10 heteroatoms. The molecule has 0 spiro atoms. The van der Waals surface area contributed by atoms with Crippen molar-refractivity contribution in [3.05, 3.63) is 50.8 Å². The summed E-state index contributed by atoms with van der Waals surface area (Å²) in [5.41, 5.74) is 1.26. The van der Waals surface area contributed by atoms with Crippen molar-refractivity contribution < 1.29 is 4.79 Å². The van der Waals surface area contributed by atoms with Gasteiger partial charge in [0.2, 0.25) is 5.91 Å². The molecular weight excluding hydrogens is 452 g/mol. The molecule has 0 aliphatic carbocycles. The molecule has 3 aromatic heterocycles. The van der Waals surface area contributed by atoms with E-state index in [0.717, 1.165) is 12.1 Å². The van der Waals surface area contributed by atoms with Crippen LogP contribution in [0.3, 0.4) is 0 Å². The summed E-state index contributed by atoms with van der Waals surface area (Å²) >= 11 is 1.53. The Morgan fingerprint density at radius 2 is 2.00 bits per heavy atom. The van der Waals surface area contributed by atoms with E-state index in [9.17, 15) is 14.4 Å². The largest absolute Gasteiger partial charge is 0.342 e. The van der Waals surface area contributed by atoms with Gasteiger partial charge in [0.25, 0.3) is 11.1 Å². The summed E-state index contributed by atoms with van der Waals surface area (Å²) in [5, 5.41) is 5.57. The number of amides is 1. The molecule has 1 fully saturated rings. The first-order valence-corrected chi connectivity index (χ1v) is 12.8. The molecule has 34 heavy (non-hydrogen) atoms. The van der Waals surface area contributed by atoms with Gasteiger partial charge in [0.15, 0.2) is 10.8 Å². The number of nitrogens with zero attached hydrogens (tertiary/aromatic N) is 6. The first kappa shape index (κ1) is 21.6. The van der Waals surface area contributed by atoms with Crippen molar-refractivity contribution in [1.29, 1.82) is 0 Å². The Balaban J connectivity index is 1.25. The number of thioether (sulfide) groups is 1. The minimum atomic E-state index is -0.283. The van der Waals surface area contributed by atoms with Crippen molar-refractivity contribution in [2.75, 3.05) is 18.8 Å². The second-order valence-corrected chi connectivity index (χ2v) is 11.7. The molecule has 178 valence electrons. The van der Waals surface area contributed by atoms with Crippen molar-refractivity contribution >= 4 is 28.7 Å². The molecule has 3 aliphatic heterocycles. The Morgan fingerprint density at radius 1 is 1.18 bits per heavy atom. The number of aromatic nitrogens is 5. The number of fused-ring (bicyclic) bond motifs is 6. The van der Waals surface area contributed by atoms with Crippen LogP contribution in [0.15, 0.2) is 39.1 Å². The number of carbonyl (C=O) groups excluding carboxylic acids is 1. The molecular formula is C24H28N6O3S. The maximum absolute atomic E-state index is 13.4. The molecule has 9 nitrogen and oxygen atoms in total. The van der Waals surface area contributed by atoms with Gasteiger partial charge in [-0.25, -0.2) is 9.67 Å². The molecule has 3 aromatic rings. The Morgan fingerprint density at radius 3 is 2.79 bits per heavy atom. The molecule has 6 heterocycles. The van der Waals surface area contributed by atoms with Gasteiger partial charge in [-0.1, -0.05) is 17.8 Å². The molecule has 1 saturated heterocycles. The second kappa shape index (κ2) is 7.56. The van der Waals surface area contributed by atoms with Crippen LogP contribution < -0.4 is 11.1 Å². The molecule has 1 amide bonds. The fraction of sp³-hybridized carbons (Fsp3) is 0.542. The third kappa shape index (κ3) is 3.33. The summed E-state index contributed by atoms with van der Waals surface area (Å²) in [5.74, 6) is 1.19. The molecule has 0 saturated carbocycles. The number of likely N-dealkylation sites (tertiary alicyclic amines) is 1. The van der Waals surface area contributed by atoms with E-state index in [-0.39, 0.29) is 46.9 Å². The van der Waals surface area contributed by atoms with E-state index in [1.165, 1.54) is 11.8 Å². The van der Waals surface area contributed by atoms with Gasteiger partial charge in [-0.15, -0.1) is 0 Å². The maximum atomic E-state index is 13.4. The van der Waals surface area contributed by atoms with Gasteiger partial charge in [-0.3, -0.25) is 19.0 Å². The number of hydrogen-bond donors (Lipinski definition) is 0. The Labute approximate surface area is 200 Å². The topological polar surface area (TPSA) is 95.0 Å². The smallest absolute Gasteiger partial charge is 0.265 e. The zero-order chi connectivity index (χ0) is 23.8. The van der Waals surface area contributed by atoms with Crippen LogP contribution >= 0.6 is 11.8 Å². The van der Waals surface area contributed by atoms with Gasteiger partial charge < -0.3 is 9.47 Å². The third-order valence-corrected chi connectivity index (χ3v) is 8.35. The average Bonchev–Trinajstić information content (AvgIpc) is 3.39. The lowest BCUT2D eigenvalue weighted by Gasteiger charge is -2.43. The van der Waals surface area contributed by atoms with Crippen LogP contribution in [0.5, 0.6) is 0 Å². The van der Waals surface area contributed by atoms with Gasteiger partial charge in [0.05, 0.1) is 17.8 Å². The zero-order valence-electron chi connectivity index (χ0n) is 19.6. The van der Waals surface area contributed by atoms with Crippen LogP contribution in [0.25, 0.3) is 11.0 Å². The van der Waals surface area contributed by atoms with E-state index in [4.69, 9.17) is 4.98 Å². The van der Waals surface area contributed by atoms with Crippen LogP contribution in [0, 0.1) is 5.92 Å². The Kier molecular flexibility index (Phi) is 4.81. The molecule has 2 bridgehead atoms. The van der Waals surface area contributed by atoms with Crippen molar-refractivity contribution in [3.63, 3.8) is 0 Å². The van der Waals surface area contributed by atoms with Gasteiger partial charge in [-0.2, -0.15) is 5.10 Å². The summed E-state index contributed by atoms with van der Waals surface area (Å²) in [7, 11) is 0. The van der Waals surface area contributed by atoms with E-state index in [2.05, 4.69) is 5.10 Å². The molecule has 0 N–H and O–H groups in total. The molecule has 0 aromatic carbocycles. The van der Waals surface area contributed by atoms with Crippen LogP contribution in [-0.4, -0.2) is 53.5 Å². The second-order valence-electron chi connectivity index (χ2n) is 10.7. The Hall–Kier alpha value is -2.88. The summed E-state index contributed by atoms with van der Waals surface area (Å²) in [6.07, 6.45) is 2.88. The SMILES string of the molecule is CC(C)(C)n1ncc2c(=O)n3c(nc21)SCC3CC(=O)N1CC2CC(C1)c1cccc(=O)n1C2. The van der Waals surface area contributed by atoms with Crippen molar-refractivity contribution in [1.82, 2.24) is 28.8 Å². The highest BCUT2D eigenvalue weighted by Gasteiger charge is 2.38. The molecule has 3 atom stereocenters. The lowest BCUT2D eigenvalue weighted by atomic mass is 9.83. The van der Waals surface area contributed by atoms with Crippen LogP contribution in [0.1, 0.15) is 51.3 Å². The van der Waals surface area contributed by atoms with Gasteiger partial charge in [0, 0.05) is 49.5 Å². The summed E-state index contributed by atoms with van der Waals surface area (Å²) in [6, 6.07) is 5.21. The molecule has 6 rings (SSSR count). The van der Waals surface area contributed by atoms with E-state index in [0.29, 0.717) is 41.6 Å². The third-order valence-electron chi connectivity index (χ3n) is 7.25. The highest BCUT2D eigenvalue weighted by molar-refractivity contribution is 7.99. The lowest BCUT2D eigenvalue weighted by molar-refractivity contribution is -0.134. The normalized spacial score (nSPS) is 23.7. The minimum Gasteiger partial charge on any atom is -0.342 e. The van der Waals surface area contributed by atoms with E-state index in [1.54, 1.807) is 21.5 Å². The quantitative estimate of drug-likeness (QED) is 0.522. The summed E-state index contributed by atoms with van der Waals surface area (Å²) < 4.78 is 5.36. The Bertz CT molecular complexity index is 1430. The lowest BCUT2D eigenvalue weighted by Crippen LogP contribution is -2.49. The zero-order valence-corrected chi connectivity index (χ0v) is 20.4. The van der Waals surface area contributed by atoms with Crippen LogP contribution in [0.2, 0.25) is 0 Å². The molecule has 0 radical (unpaired) electrons. The van der Waals surface area contributed by atoms with E-state index in [1.807, 2.05) is 42.4 Å². The standard InChI is InChI=1S/C24H28N6O3S/c1-24(2,3)30-21-17(9-25-30)22(33)29-16(13-34-23(29)26-21)8-20(32)27-10-14-7-15(12-27)18-5-4-6-19(31)28(18)11-14/h4-6,9,14-16H,7-8,10-13H2,1-3H3. The van der Waals surface area contributed by atoms with Crippen LogP contribution in [0.4, 0.5) is 0 Å². The molecule has 3 aliphatic rings. The number of rotatable bonds is 2. The van der Waals surface area contributed by atoms with Crippen molar-refractivity contribution in [2.24, 2.45) is 5.92 Å². The fourth-order valence-electron chi connectivity index (χ4n) is 5.70. The van der Waals surface area contributed by atoms with Gasteiger partial charge >= 0.3 is 0 Å². The highest BCUT2D eigenvalue weighted by Crippen LogP contribution is 2.37. The van der Waals surface area contributed by atoms with Crippen molar-refractivity contribution in [3.8, 4) is 0 Å². The number of carbonyl (C=O) groups is 1. The predicted molar refractivity (Wildman–Crippen MR) is 129 cm³/mol. The summed E-state index contributed by atoms with van der Waals surface area (Å²) in [6.45, 7) is 8.04. The maximum Gasteiger partial charge on any atom is 0.265 e. The minimum absolute atomic E-state index is 0.0412.